The maximum absolute atomic E-state index is 13.4. The van der Waals surface area contributed by atoms with Gasteiger partial charge in [-0.25, -0.2) is 4.39 Å². The molecule has 0 aliphatic heterocycles. The summed E-state index contributed by atoms with van der Waals surface area (Å²) >= 11 is 1.48. The zero-order valence-electron chi connectivity index (χ0n) is 13.6. The lowest BCUT2D eigenvalue weighted by Gasteiger charge is -2.08. The summed E-state index contributed by atoms with van der Waals surface area (Å²) < 4.78 is 18.5. The van der Waals surface area contributed by atoms with Crippen LogP contribution in [0.15, 0.2) is 30.3 Å². The summed E-state index contributed by atoms with van der Waals surface area (Å²) in [4.78, 5) is 25.7. The standard InChI is InChI=1S/C18H19FN2O3S/c19-13-7-4-5-8-14(13)24-11-17(22)20-21-18(23)16-10-12-6-2-1-3-9-15(12)25-16/h4-5,7-8,10H,1-3,6,9,11H2,(H,20,22)(H,21,23). The van der Waals surface area contributed by atoms with Crippen molar-refractivity contribution in [2.75, 3.05) is 6.61 Å². The fourth-order valence-electron chi connectivity index (χ4n) is 2.71. The van der Waals surface area contributed by atoms with Crippen LogP contribution < -0.4 is 15.6 Å². The molecular weight excluding hydrogens is 343 g/mol. The first-order valence-electron chi connectivity index (χ1n) is 8.21. The zero-order valence-corrected chi connectivity index (χ0v) is 14.5. The number of carbonyl (C=O) groups excluding carboxylic acids is 2. The molecule has 0 fully saturated rings. The Morgan fingerprint density at radius 3 is 2.76 bits per heavy atom. The second kappa shape index (κ2) is 8.11. The Labute approximate surface area is 149 Å². The van der Waals surface area contributed by atoms with Gasteiger partial charge in [-0.15, -0.1) is 11.3 Å². The third-order valence-electron chi connectivity index (χ3n) is 3.98. The van der Waals surface area contributed by atoms with E-state index in [-0.39, 0.29) is 18.3 Å². The van der Waals surface area contributed by atoms with E-state index >= 15 is 0 Å². The summed E-state index contributed by atoms with van der Waals surface area (Å²) in [5.41, 5.74) is 5.89. The molecule has 1 aromatic carbocycles. The maximum atomic E-state index is 13.4. The molecule has 2 amide bonds. The Bertz CT molecular complexity index is 752. The number of halogens is 1. The molecule has 132 valence electrons. The molecule has 0 saturated heterocycles. The lowest BCUT2D eigenvalue weighted by Crippen LogP contribution is -2.43. The van der Waals surface area contributed by atoms with Crippen molar-refractivity contribution in [1.29, 1.82) is 0 Å². The molecule has 2 aromatic rings. The average molecular weight is 362 g/mol. The quantitative estimate of drug-likeness (QED) is 0.649. The molecule has 1 heterocycles. The normalized spacial score (nSPS) is 13.5. The summed E-state index contributed by atoms with van der Waals surface area (Å²) in [6.45, 7) is -0.387. The van der Waals surface area contributed by atoms with Crippen LogP contribution in [-0.4, -0.2) is 18.4 Å². The van der Waals surface area contributed by atoms with Crippen molar-refractivity contribution < 1.29 is 18.7 Å². The van der Waals surface area contributed by atoms with E-state index in [4.69, 9.17) is 4.74 Å². The molecule has 25 heavy (non-hydrogen) atoms. The van der Waals surface area contributed by atoms with Crippen molar-refractivity contribution >= 4 is 23.2 Å². The van der Waals surface area contributed by atoms with E-state index in [0.29, 0.717) is 4.88 Å². The van der Waals surface area contributed by atoms with Gasteiger partial charge in [0.25, 0.3) is 11.8 Å². The minimum atomic E-state index is -0.560. The molecular formula is C18H19FN2O3S. The fraction of sp³-hybridized carbons (Fsp3) is 0.333. The van der Waals surface area contributed by atoms with Crippen LogP contribution in [0.25, 0.3) is 0 Å². The maximum Gasteiger partial charge on any atom is 0.279 e. The van der Waals surface area contributed by atoms with Crippen LogP contribution in [-0.2, 0) is 17.6 Å². The van der Waals surface area contributed by atoms with E-state index in [1.54, 1.807) is 6.07 Å². The number of nitrogens with one attached hydrogen (secondary N) is 2. The number of ether oxygens (including phenoxy) is 1. The van der Waals surface area contributed by atoms with E-state index in [2.05, 4.69) is 10.9 Å². The molecule has 0 unspecified atom stereocenters. The monoisotopic (exact) mass is 362 g/mol. The van der Waals surface area contributed by atoms with Gasteiger partial charge < -0.3 is 4.74 Å². The Hall–Kier alpha value is -2.41. The van der Waals surface area contributed by atoms with Crippen LogP contribution in [0, 0.1) is 5.82 Å². The number of para-hydroxylation sites is 1. The highest BCUT2D eigenvalue weighted by atomic mass is 32.1. The molecule has 1 aliphatic carbocycles. The van der Waals surface area contributed by atoms with Gasteiger partial charge in [-0.1, -0.05) is 18.6 Å². The predicted octanol–water partition coefficient (Wildman–Crippen LogP) is 3.00. The molecule has 3 rings (SSSR count). The third kappa shape index (κ3) is 4.57. The van der Waals surface area contributed by atoms with Crippen LogP contribution in [0.2, 0.25) is 0 Å². The number of hydrazine groups is 1. The summed E-state index contributed by atoms with van der Waals surface area (Å²) in [6.07, 6.45) is 5.53. The lowest BCUT2D eigenvalue weighted by atomic mass is 10.1. The molecule has 0 spiro atoms. The first-order chi connectivity index (χ1) is 12.1. The number of hydrogen-bond acceptors (Lipinski definition) is 4. The first kappa shape index (κ1) is 17.4. The van der Waals surface area contributed by atoms with Crippen molar-refractivity contribution in [2.45, 2.75) is 32.1 Å². The van der Waals surface area contributed by atoms with Crippen molar-refractivity contribution in [3.8, 4) is 5.75 Å². The van der Waals surface area contributed by atoms with Gasteiger partial charge >= 0.3 is 0 Å². The second-order valence-electron chi connectivity index (χ2n) is 5.84. The number of carbonyl (C=O) groups is 2. The highest BCUT2D eigenvalue weighted by molar-refractivity contribution is 7.14. The minimum Gasteiger partial charge on any atom is -0.481 e. The SMILES string of the molecule is O=C(COc1ccccc1F)NNC(=O)c1cc2c(s1)CCCCC2. The smallest absolute Gasteiger partial charge is 0.279 e. The van der Waals surface area contributed by atoms with Gasteiger partial charge in [0.05, 0.1) is 4.88 Å². The Morgan fingerprint density at radius 1 is 1.12 bits per heavy atom. The molecule has 0 bridgehead atoms. The largest absolute Gasteiger partial charge is 0.481 e. The van der Waals surface area contributed by atoms with Gasteiger partial charge in [-0.2, -0.15) is 0 Å². The molecule has 7 heteroatoms. The van der Waals surface area contributed by atoms with Gasteiger partial charge in [0, 0.05) is 4.88 Å². The predicted molar refractivity (Wildman–Crippen MR) is 93.1 cm³/mol. The molecule has 0 radical (unpaired) electrons. The van der Waals surface area contributed by atoms with E-state index in [1.165, 1.54) is 46.4 Å². The number of hydrogen-bond donors (Lipinski definition) is 2. The van der Waals surface area contributed by atoms with Gasteiger partial charge in [-0.3, -0.25) is 20.4 Å². The molecule has 2 N–H and O–H groups in total. The zero-order chi connectivity index (χ0) is 17.6. The van der Waals surface area contributed by atoms with E-state index in [0.717, 1.165) is 25.7 Å². The van der Waals surface area contributed by atoms with Crippen LogP contribution in [0.1, 0.15) is 39.4 Å². The first-order valence-corrected chi connectivity index (χ1v) is 9.03. The molecule has 0 atom stereocenters. The Balaban J connectivity index is 1.49. The summed E-state index contributed by atoms with van der Waals surface area (Å²) in [5, 5.41) is 0. The Kier molecular flexibility index (Phi) is 5.65. The number of benzene rings is 1. The highest BCUT2D eigenvalue weighted by Gasteiger charge is 2.17. The molecule has 0 saturated carbocycles. The van der Waals surface area contributed by atoms with Crippen LogP contribution in [0.5, 0.6) is 5.75 Å². The van der Waals surface area contributed by atoms with Gasteiger partial charge in [-0.05, 0) is 49.4 Å². The van der Waals surface area contributed by atoms with Crippen LogP contribution >= 0.6 is 11.3 Å². The molecule has 1 aliphatic rings. The molecule has 5 nitrogen and oxygen atoms in total. The third-order valence-corrected chi connectivity index (χ3v) is 5.22. The van der Waals surface area contributed by atoms with Gasteiger partial charge in [0.15, 0.2) is 18.2 Å². The van der Waals surface area contributed by atoms with Crippen LogP contribution in [0.3, 0.4) is 0 Å². The minimum absolute atomic E-state index is 0.00836. The fourth-order valence-corrected chi connectivity index (χ4v) is 3.86. The highest BCUT2D eigenvalue weighted by Crippen LogP contribution is 2.28. The van der Waals surface area contributed by atoms with Crippen molar-refractivity contribution in [3.05, 3.63) is 51.5 Å². The van der Waals surface area contributed by atoms with Crippen molar-refractivity contribution in [3.63, 3.8) is 0 Å². The number of fused-ring (bicyclic) bond motifs is 1. The topological polar surface area (TPSA) is 67.4 Å². The summed E-state index contributed by atoms with van der Waals surface area (Å²) in [6, 6.07) is 7.72. The summed E-state index contributed by atoms with van der Waals surface area (Å²) in [7, 11) is 0. The van der Waals surface area contributed by atoms with E-state index in [9.17, 15) is 14.0 Å². The number of amides is 2. The van der Waals surface area contributed by atoms with E-state index in [1.807, 2.05) is 6.07 Å². The number of rotatable bonds is 4. The van der Waals surface area contributed by atoms with Gasteiger partial charge in [0.1, 0.15) is 0 Å². The van der Waals surface area contributed by atoms with Gasteiger partial charge in [0.2, 0.25) is 0 Å². The molecule has 1 aromatic heterocycles. The summed E-state index contributed by atoms with van der Waals surface area (Å²) in [5.74, 6) is -1.46. The number of aryl methyl sites for hydroxylation is 2. The lowest BCUT2D eigenvalue weighted by molar-refractivity contribution is -0.123. The van der Waals surface area contributed by atoms with Crippen molar-refractivity contribution in [1.82, 2.24) is 10.9 Å². The number of thiophene rings is 1. The second-order valence-corrected chi connectivity index (χ2v) is 6.98. The average Bonchev–Trinajstić information content (AvgIpc) is 2.90. The van der Waals surface area contributed by atoms with Crippen molar-refractivity contribution in [2.24, 2.45) is 0 Å². The van der Waals surface area contributed by atoms with Crippen LogP contribution in [0.4, 0.5) is 4.39 Å². The Morgan fingerprint density at radius 2 is 1.92 bits per heavy atom. The van der Waals surface area contributed by atoms with E-state index < -0.39 is 11.7 Å².